The van der Waals surface area contributed by atoms with Crippen LogP contribution in [-0.2, 0) is 17.8 Å². The Morgan fingerprint density at radius 2 is 1.85 bits per heavy atom. The van der Waals surface area contributed by atoms with E-state index in [9.17, 15) is 18.4 Å². The molecule has 170 valence electrons. The number of nitrogens with one attached hydrogen (secondary N) is 1. The molecule has 1 N–H and O–H groups in total. The Bertz CT molecular complexity index is 1380. The number of thiophene rings is 1. The molecule has 0 bridgehead atoms. The largest absolute Gasteiger partial charge is 0.349 e. The van der Waals surface area contributed by atoms with Gasteiger partial charge < -0.3 is 5.32 Å². The second kappa shape index (κ2) is 9.62. The summed E-state index contributed by atoms with van der Waals surface area (Å²) in [5, 5.41) is 3.50. The zero-order chi connectivity index (χ0) is 23.5. The van der Waals surface area contributed by atoms with Crippen LogP contribution in [0.3, 0.4) is 0 Å². The molecule has 2 heterocycles. The Labute approximate surface area is 193 Å². The predicted molar refractivity (Wildman–Crippen MR) is 125 cm³/mol. The van der Waals surface area contributed by atoms with E-state index >= 15 is 0 Å². The van der Waals surface area contributed by atoms with Crippen LogP contribution in [0.15, 0.2) is 59.7 Å². The van der Waals surface area contributed by atoms with Crippen LogP contribution in [0.2, 0.25) is 0 Å². The molecule has 0 radical (unpaired) electrons. The van der Waals surface area contributed by atoms with Gasteiger partial charge in [-0.1, -0.05) is 24.3 Å². The van der Waals surface area contributed by atoms with Gasteiger partial charge in [0.1, 0.15) is 16.5 Å². The molecule has 5 nitrogen and oxygen atoms in total. The molecule has 1 unspecified atom stereocenters. The predicted octanol–water partition coefficient (Wildman–Crippen LogP) is 4.84. The lowest BCUT2D eigenvalue weighted by Gasteiger charge is -2.20. The molecule has 1 amide bonds. The number of halogens is 2. The maximum atomic E-state index is 13.8. The fraction of sp³-hybridized carbons (Fsp3) is 0.240. The second-order valence-electron chi connectivity index (χ2n) is 7.97. The minimum atomic E-state index is -0.547. The summed E-state index contributed by atoms with van der Waals surface area (Å²) in [6, 6.07) is 11.5. The third-order valence-electron chi connectivity index (χ3n) is 5.65. The smallest absolute Gasteiger partial charge is 0.262 e. The van der Waals surface area contributed by atoms with Gasteiger partial charge in [-0.2, -0.15) is 0 Å². The van der Waals surface area contributed by atoms with E-state index in [2.05, 4.69) is 10.3 Å². The first-order chi connectivity index (χ1) is 15.8. The number of benzene rings is 2. The quantitative estimate of drug-likeness (QED) is 0.423. The first-order valence-electron chi connectivity index (χ1n) is 10.6. The van der Waals surface area contributed by atoms with Crippen LogP contribution in [0.25, 0.3) is 10.2 Å². The number of aryl methyl sites for hydroxylation is 3. The molecule has 4 aromatic rings. The number of aromatic nitrogens is 2. The van der Waals surface area contributed by atoms with E-state index < -0.39 is 11.9 Å². The highest BCUT2D eigenvalue weighted by atomic mass is 32.1. The van der Waals surface area contributed by atoms with Crippen molar-refractivity contribution in [1.29, 1.82) is 0 Å². The highest BCUT2D eigenvalue weighted by Gasteiger charge is 2.18. The number of amides is 1. The summed E-state index contributed by atoms with van der Waals surface area (Å²) in [5.41, 5.74) is 2.00. The normalized spacial score (nSPS) is 12.1. The van der Waals surface area contributed by atoms with Crippen molar-refractivity contribution in [2.24, 2.45) is 0 Å². The highest BCUT2D eigenvalue weighted by molar-refractivity contribution is 7.18. The van der Waals surface area contributed by atoms with Gasteiger partial charge >= 0.3 is 0 Å². The Kier molecular flexibility index (Phi) is 6.65. The van der Waals surface area contributed by atoms with Crippen LogP contribution in [0.4, 0.5) is 8.78 Å². The second-order valence-corrected chi connectivity index (χ2v) is 9.17. The summed E-state index contributed by atoms with van der Waals surface area (Å²) in [6.07, 6.45) is 1.81. The molecule has 0 aliphatic rings. The summed E-state index contributed by atoms with van der Waals surface area (Å²) < 4.78 is 28.9. The molecule has 4 rings (SSSR count). The Balaban J connectivity index is 1.51. The van der Waals surface area contributed by atoms with Gasteiger partial charge in [0.15, 0.2) is 0 Å². The van der Waals surface area contributed by atoms with Crippen molar-refractivity contribution in [3.8, 4) is 0 Å². The molecule has 0 spiro atoms. The van der Waals surface area contributed by atoms with E-state index in [1.54, 1.807) is 24.3 Å². The van der Waals surface area contributed by atoms with Gasteiger partial charge in [-0.05, 0) is 61.2 Å². The zero-order valence-electron chi connectivity index (χ0n) is 18.3. The number of carbonyl (C=O) groups excluding carboxylic acids is 1. The number of nitrogens with zero attached hydrogens (tertiary/aromatic N) is 2. The fourth-order valence-corrected chi connectivity index (χ4v) is 4.78. The van der Waals surface area contributed by atoms with Gasteiger partial charge in [-0.25, -0.2) is 13.8 Å². The molecule has 0 aliphatic heterocycles. The standard InChI is InChI=1S/C25H23F2N3O2S/c1-15-16(2)33-24-23(15)25(32)30(14-28-24)10-9-22(31)29-21(18-6-4-8-20(27)13-18)12-17-5-3-7-19(26)11-17/h3-8,11,13-14,21H,9-10,12H2,1-2H3,(H,29,31). The van der Waals surface area contributed by atoms with Gasteiger partial charge in [0.05, 0.1) is 17.8 Å². The van der Waals surface area contributed by atoms with Crippen molar-refractivity contribution in [3.05, 3.63) is 98.4 Å². The van der Waals surface area contributed by atoms with E-state index in [4.69, 9.17) is 0 Å². The third kappa shape index (κ3) is 5.17. The molecular formula is C25H23F2N3O2S. The van der Waals surface area contributed by atoms with Crippen LogP contribution >= 0.6 is 11.3 Å². The lowest BCUT2D eigenvalue weighted by molar-refractivity contribution is -0.122. The topological polar surface area (TPSA) is 64.0 Å². The van der Waals surface area contributed by atoms with Crippen molar-refractivity contribution >= 4 is 27.5 Å². The first-order valence-corrected chi connectivity index (χ1v) is 11.4. The summed E-state index contributed by atoms with van der Waals surface area (Å²) in [6.45, 7) is 4.01. The molecule has 0 saturated heterocycles. The van der Waals surface area contributed by atoms with Crippen molar-refractivity contribution in [3.63, 3.8) is 0 Å². The zero-order valence-corrected chi connectivity index (χ0v) is 19.1. The molecule has 2 aromatic heterocycles. The van der Waals surface area contributed by atoms with Crippen LogP contribution in [-0.4, -0.2) is 15.5 Å². The summed E-state index contributed by atoms with van der Waals surface area (Å²) in [5.74, 6) is -1.10. The van der Waals surface area contributed by atoms with E-state index in [0.29, 0.717) is 27.8 Å². The third-order valence-corrected chi connectivity index (χ3v) is 6.77. The van der Waals surface area contributed by atoms with Crippen LogP contribution in [0.1, 0.15) is 34.0 Å². The van der Waals surface area contributed by atoms with E-state index in [0.717, 1.165) is 10.4 Å². The molecule has 8 heteroatoms. The number of carbonyl (C=O) groups is 1. The van der Waals surface area contributed by atoms with E-state index in [-0.39, 0.29) is 30.2 Å². The number of hydrogen-bond donors (Lipinski definition) is 1. The minimum absolute atomic E-state index is 0.0459. The maximum Gasteiger partial charge on any atom is 0.262 e. The fourth-order valence-electron chi connectivity index (χ4n) is 3.79. The summed E-state index contributed by atoms with van der Waals surface area (Å²) in [7, 11) is 0. The molecular weight excluding hydrogens is 444 g/mol. The van der Waals surface area contributed by atoms with Gasteiger partial charge in [0.2, 0.25) is 5.91 Å². The van der Waals surface area contributed by atoms with Gasteiger partial charge in [0.25, 0.3) is 5.56 Å². The number of rotatable bonds is 7. The molecule has 0 fully saturated rings. The molecule has 0 aliphatic carbocycles. The van der Waals surface area contributed by atoms with Crippen molar-refractivity contribution < 1.29 is 13.6 Å². The molecule has 0 saturated carbocycles. The van der Waals surface area contributed by atoms with Crippen LogP contribution in [0.5, 0.6) is 0 Å². The average Bonchev–Trinajstić information content (AvgIpc) is 3.07. The van der Waals surface area contributed by atoms with E-state index in [1.165, 1.54) is 46.5 Å². The van der Waals surface area contributed by atoms with Gasteiger partial charge in [-0.15, -0.1) is 11.3 Å². The SMILES string of the molecule is Cc1sc2ncn(CCC(=O)NC(Cc3cccc(F)c3)c3cccc(F)c3)c(=O)c2c1C. The van der Waals surface area contributed by atoms with Crippen LogP contribution in [0, 0.1) is 25.5 Å². The lowest BCUT2D eigenvalue weighted by atomic mass is 9.98. The van der Waals surface area contributed by atoms with E-state index in [1.807, 2.05) is 13.8 Å². The average molecular weight is 468 g/mol. The number of fused-ring (bicyclic) bond motifs is 1. The minimum Gasteiger partial charge on any atom is -0.349 e. The monoisotopic (exact) mass is 467 g/mol. The first kappa shape index (κ1) is 22.8. The number of hydrogen-bond acceptors (Lipinski definition) is 4. The highest BCUT2D eigenvalue weighted by Crippen LogP contribution is 2.25. The molecule has 33 heavy (non-hydrogen) atoms. The summed E-state index contributed by atoms with van der Waals surface area (Å²) >= 11 is 1.47. The Hall–Kier alpha value is -3.39. The van der Waals surface area contributed by atoms with Crippen LogP contribution < -0.4 is 10.9 Å². The van der Waals surface area contributed by atoms with Gasteiger partial charge in [0, 0.05) is 17.8 Å². The van der Waals surface area contributed by atoms with Crippen molar-refractivity contribution in [1.82, 2.24) is 14.9 Å². The van der Waals surface area contributed by atoms with Gasteiger partial charge in [-0.3, -0.25) is 14.2 Å². The Morgan fingerprint density at radius 3 is 2.58 bits per heavy atom. The maximum absolute atomic E-state index is 13.8. The lowest BCUT2D eigenvalue weighted by Crippen LogP contribution is -2.32. The van der Waals surface area contributed by atoms with Crippen molar-refractivity contribution in [2.45, 2.75) is 39.3 Å². The summed E-state index contributed by atoms with van der Waals surface area (Å²) in [4.78, 5) is 31.7. The molecule has 1 atom stereocenters. The Morgan fingerprint density at radius 1 is 1.12 bits per heavy atom. The molecule has 2 aromatic carbocycles. The van der Waals surface area contributed by atoms with Crippen molar-refractivity contribution in [2.75, 3.05) is 0 Å².